The number of benzene rings is 2. The summed E-state index contributed by atoms with van der Waals surface area (Å²) in [5, 5.41) is 2.99. The summed E-state index contributed by atoms with van der Waals surface area (Å²) in [6.45, 7) is 0.653. The van der Waals surface area contributed by atoms with Crippen molar-refractivity contribution in [3.63, 3.8) is 0 Å². The molecule has 0 unspecified atom stereocenters. The van der Waals surface area contributed by atoms with Gasteiger partial charge in [0.05, 0.1) is 6.04 Å². The van der Waals surface area contributed by atoms with Crippen LogP contribution in [0.3, 0.4) is 0 Å². The molecule has 2 heterocycles. The minimum absolute atomic E-state index is 0.00686. The molecule has 0 radical (unpaired) electrons. The van der Waals surface area contributed by atoms with Crippen molar-refractivity contribution in [2.45, 2.75) is 38.5 Å². The Hall–Kier alpha value is -4.61. The van der Waals surface area contributed by atoms with Gasteiger partial charge in [0.25, 0.3) is 11.8 Å². The molecule has 0 spiro atoms. The number of ether oxygens (including phenoxy) is 2. The summed E-state index contributed by atoms with van der Waals surface area (Å²) in [6, 6.07) is 17.6. The molecule has 0 bridgehead atoms. The lowest BCUT2D eigenvalue weighted by atomic mass is 10.2. The third-order valence-corrected chi connectivity index (χ3v) is 6.17. The summed E-state index contributed by atoms with van der Waals surface area (Å²) >= 11 is 0. The van der Waals surface area contributed by atoms with Gasteiger partial charge in [-0.3, -0.25) is 9.59 Å². The minimum Gasteiger partial charge on any atom is -0.445 e. The maximum Gasteiger partial charge on any atom is 0.432 e. The molecule has 2 fully saturated rings. The molecule has 2 aromatic carbocycles. The van der Waals surface area contributed by atoms with E-state index in [0.717, 1.165) is 11.1 Å². The van der Waals surface area contributed by atoms with Crippen LogP contribution in [-0.2, 0) is 37.1 Å². The fourth-order valence-corrected chi connectivity index (χ4v) is 4.20. The van der Waals surface area contributed by atoms with E-state index in [1.807, 2.05) is 60.7 Å². The lowest BCUT2D eigenvalue weighted by molar-refractivity contribution is -0.171. The minimum atomic E-state index is -1.06. The normalized spacial score (nSPS) is 16.4. The van der Waals surface area contributed by atoms with Crippen molar-refractivity contribution in [2.75, 3.05) is 26.2 Å². The van der Waals surface area contributed by atoms with Gasteiger partial charge in [0.15, 0.2) is 0 Å². The molecular formula is C27H30N4O8. The average molecular weight is 539 g/mol. The number of hydrogen-bond acceptors (Lipinski definition) is 8. The molecule has 12 heteroatoms. The Kier molecular flexibility index (Phi) is 9.33. The summed E-state index contributed by atoms with van der Waals surface area (Å²) in [4.78, 5) is 69.8. The van der Waals surface area contributed by atoms with E-state index in [0.29, 0.717) is 11.5 Å². The molecular weight excluding hydrogens is 508 g/mol. The summed E-state index contributed by atoms with van der Waals surface area (Å²) in [7, 11) is 0. The molecule has 2 aromatic rings. The molecule has 2 aliphatic rings. The first-order valence-corrected chi connectivity index (χ1v) is 12.6. The molecule has 39 heavy (non-hydrogen) atoms. The second-order valence-electron chi connectivity index (χ2n) is 9.13. The molecule has 0 atom stereocenters. The number of rotatable bonds is 6. The lowest BCUT2D eigenvalue weighted by Gasteiger charge is -2.34. The van der Waals surface area contributed by atoms with Gasteiger partial charge in [0, 0.05) is 39.0 Å². The monoisotopic (exact) mass is 538 g/mol. The van der Waals surface area contributed by atoms with Crippen LogP contribution in [0.2, 0.25) is 0 Å². The van der Waals surface area contributed by atoms with Gasteiger partial charge in [-0.1, -0.05) is 60.7 Å². The fourth-order valence-electron chi connectivity index (χ4n) is 4.20. The average Bonchev–Trinajstić information content (AvgIpc) is 3.24. The van der Waals surface area contributed by atoms with Gasteiger partial charge in [-0.05, 0) is 17.5 Å². The molecule has 5 amide bonds. The first kappa shape index (κ1) is 27.4. The Balaban J connectivity index is 1.40. The highest BCUT2D eigenvalue weighted by molar-refractivity contribution is 6.01. The van der Waals surface area contributed by atoms with Crippen molar-refractivity contribution in [1.82, 2.24) is 20.2 Å². The number of carbonyl (C=O) groups is 5. The van der Waals surface area contributed by atoms with E-state index in [4.69, 9.17) is 14.3 Å². The van der Waals surface area contributed by atoms with Crippen molar-refractivity contribution < 1.29 is 38.3 Å². The van der Waals surface area contributed by atoms with E-state index in [1.54, 1.807) is 0 Å². The summed E-state index contributed by atoms with van der Waals surface area (Å²) in [5.41, 5.74) is 1.65. The maximum absolute atomic E-state index is 12.9. The number of amides is 5. The standard InChI is InChI=1S/C27H30N4O8/c32-23-12-13-24(33)31(23)39-25(34)28-22-16-29(26(35)37-18-20-8-3-1-4-9-20)14-7-15-30(17-22)27(36)38-19-21-10-5-2-6-11-21/h1-6,8-11,22H,7,12-19H2,(H,28,34). The van der Waals surface area contributed by atoms with E-state index in [2.05, 4.69) is 5.32 Å². The van der Waals surface area contributed by atoms with Crippen LogP contribution in [0.25, 0.3) is 0 Å². The second kappa shape index (κ2) is 13.3. The largest absolute Gasteiger partial charge is 0.445 e. The van der Waals surface area contributed by atoms with Crippen LogP contribution in [0, 0.1) is 0 Å². The highest BCUT2D eigenvalue weighted by atomic mass is 16.7. The molecule has 12 nitrogen and oxygen atoms in total. The molecule has 0 aliphatic carbocycles. The Morgan fingerprint density at radius 2 is 1.21 bits per heavy atom. The summed E-state index contributed by atoms with van der Waals surface area (Å²) in [5.74, 6) is -1.24. The maximum atomic E-state index is 12.9. The van der Waals surface area contributed by atoms with Gasteiger partial charge < -0.3 is 29.4 Å². The third-order valence-electron chi connectivity index (χ3n) is 6.17. The van der Waals surface area contributed by atoms with E-state index >= 15 is 0 Å². The van der Waals surface area contributed by atoms with E-state index < -0.39 is 36.1 Å². The molecule has 1 N–H and O–H groups in total. The molecule has 4 rings (SSSR count). The van der Waals surface area contributed by atoms with Crippen molar-refractivity contribution in [2.24, 2.45) is 0 Å². The Morgan fingerprint density at radius 3 is 1.67 bits per heavy atom. The van der Waals surface area contributed by atoms with Crippen molar-refractivity contribution in [1.29, 1.82) is 0 Å². The zero-order valence-electron chi connectivity index (χ0n) is 21.3. The van der Waals surface area contributed by atoms with Crippen LogP contribution in [0.1, 0.15) is 30.4 Å². The van der Waals surface area contributed by atoms with E-state index in [1.165, 1.54) is 9.80 Å². The highest BCUT2D eigenvalue weighted by Crippen LogP contribution is 2.14. The smallest absolute Gasteiger partial charge is 0.432 e. The van der Waals surface area contributed by atoms with Crippen molar-refractivity contribution in [3.8, 4) is 0 Å². The van der Waals surface area contributed by atoms with E-state index in [-0.39, 0.29) is 52.2 Å². The van der Waals surface area contributed by atoms with Gasteiger partial charge in [0.1, 0.15) is 13.2 Å². The topological polar surface area (TPSA) is 135 Å². The van der Waals surface area contributed by atoms with Crippen molar-refractivity contribution in [3.05, 3.63) is 71.8 Å². The number of nitrogens with one attached hydrogen (secondary N) is 1. The Morgan fingerprint density at radius 1 is 0.744 bits per heavy atom. The van der Waals surface area contributed by atoms with Gasteiger partial charge in [-0.25, -0.2) is 14.4 Å². The van der Waals surface area contributed by atoms with E-state index in [9.17, 15) is 24.0 Å². The fraction of sp³-hybridized carbons (Fsp3) is 0.370. The predicted molar refractivity (Wildman–Crippen MR) is 136 cm³/mol. The predicted octanol–water partition coefficient (Wildman–Crippen LogP) is 2.83. The lowest BCUT2D eigenvalue weighted by Crippen LogP contribution is -2.55. The zero-order chi connectivity index (χ0) is 27.6. The number of imide groups is 1. The van der Waals surface area contributed by atoms with Gasteiger partial charge in [0.2, 0.25) is 0 Å². The molecule has 206 valence electrons. The first-order chi connectivity index (χ1) is 18.9. The van der Waals surface area contributed by atoms with Crippen LogP contribution in [0.15, 0.2) is 60.7 Å². The van der Waals surface area contributed by atoms with Gasteiger partial charge >= 0.3 is 18.3 Å². The van der Waals surface area contributed by atoms with Crippen LogP contribution < -0.4 is 5.32 Å². The zero-order valence-corrected chi connectivity index (χ0v) is 21.3. The number of hydrogen-bond donors (Lipinski definition) is 1. The number of nitrogens with zero attached hydrogens (tertiary/aromatic N) is 3. The van der Waals surface area contributed by atoms with Crippen LogP contribution in [-0.4, -0.2) is 77.2 Å². The SMILES string of the molecule is O=C(NC1CN(C(=O)OCc2ccccc2)CCCN(C(=O)OCc2ccccc2)C1)ON1C(=O)CCC1=O. The summed E-state index contributed by atoms with van der Waals surface area (Å²) < 4.78 is 10.9. The number of hydroxylamine groups is 2. The van der Waals surface area contributed by atoms with Crippen LogP contribution in [0.5, 0.6) is 0 Å². The molecule has 0 aromatic heterocycles. The molecule has 2 aliphatic heterocycles. The van der Waals surface area contributed by atoms with Crippen LogP contribution >= 0.6 is 0 Å². The quantitative estimate of drug-likeness (QED) is 0.555. The Bertz CT molecular complexity index is 1100. The van der Waals surface area contributed by atoms with Crippen molar-refractivity contribution >= 4 is 30.1 Å². The van der Waals surface area contributed by atoms with Crippen LogP contribution in [0.4, 0.5) is 14.4 Å². The highest BCUT2D eigenvalue weighted by Gasteiger charge is 2.34. The second-order valence-corrected chi connectivity index (χ2v) is 9.13. The summed E-state index contributed by atoms with van der Waals surface area (Å²) in [6.07, 6.45) is -1.85. The number of carbonyl (C=O) groups excluding carboxylic acids is 5. The Labute approximate surface area is 225 Å². The van der Waals surface area contributed by atoms with Gasteiger partial charge in [-0.2, -0.15) is 0 Å². The molecule has 2 saturated heterocycles. The molecule has 0 saturated carbocycles. The van der Waals surface area contributed by atoms with Gasteiger partial charge in [-0.15, -0.1) is 5.06 Å². The third kappa shape index (κ3) is 7.94. The first-order valence-electron chi connectivity index (χ1n) is 12.6.